The quantitative estimate of drug-likeness (QED) is 0.823. The largest absolute Gasteiger partial charge is 0.326 e. The molecule has 1 atom stereocenters. The van der Waals surface area contributed by atoms with Gasteiger partial charge in [-0.3, -0.25) is 10.1 Å². The van der Waals surface area contributed by atoms with Gasteiger partial charge in [0.1, 0.15) is 0 Å². The zero-order valence-electron chi connectivity index (χ0n) is 9.43. The molecule has 4 heteroatoms. The molecule has 0 spiro atoms. The van der Waals surface area contributed by atoms with Crippen molar-refractivity contribution in [2.24, 2.45) is 10.7 Å². The first-order valence-electron chi connectivity index (χ1n) is 5.74. The van der Waals surface area contributed by atoms with E-state index in [1.165, 1.54) is 0 Å². The Kier molecular flexibility index (Phi) is 2.49. The smallest absolute Gasteiger partial charge is 0.0924 e. The Morgan fingerprint density at radius 1 is 1.41 bits per heavy atom. The molecular weight excluding hydrogens is 212 g/mol. The molecule has 0 radical (unpaired) electrons. The second-order valence-corrected chi connectivity index (χ2v) is 4.21. The van der Waals surface area contributed by atoms with Crippen molar-refractivity contribution in [1.82, 2.24) is 10.2 Å². The third kappa shape index (κ3) is 1.76. The lowest BCUT2D eigenvalue weighted by atomic mass is 9.97. The fourth-order valence-corrected chi connectivity index (χ4v) is 2.17. The molecule has 86 valence electrons. The Balaban J connectivity index is 2.09. The van der Waals surface area contributed by atoms with Crippen LogP contribution in [-0.4, -0.2) is 16.4 Å². The van der Waals surface area contributed by atoms with E-state index in [9.17, 15) is 0 Å². The fraction of sp³-hybridized carbons (Fsp3) is 0.231. The predicted octanol–water partition coefficient (Wildman–Crippen LogP) is 2.09. The standard InChI is InChI=1S/C13H14N4/c14-8-9-1-2-12-11(7-9)13(17-16-12)10-3-5-15-6-4-10/h1-3,5-7,10H,4,8,14H2,(H,16,17). The van der Waals surface area contributed by atoms with Crippen LogP contribution < -0.4 is 5.73 Å². The maximum absolute atomic E-state index is 5.67. The first-order valence-corrected chi connectivity index (χ1v) is 5.74. The molecule has 3 rings (SSSR count). The molecule has 0 aliphatic carbocycles. The van der Waals surface area contributed by atoms with Gasteiger partial charge in [-0.15, -0.1) is 0 Å². The number of hydrogen-bond donors (Lipinski definition) is 2. The van der Waals surface area contributed by atoms with Crippen molar-refractivity contribution < 1.29 is 0 Å². The Morgan fingerprint density at radius 2 is 2.35 bits per heavy atom. The van der Waals surface area contributed by atoms with Crippen LogP contribution in [0.5, 0.6) is 0 Å². The van der Waals surface area contributed by atoms with Gasteiger partial charge in [-0.2, -0.15) is 5.10 Å². The molecule has 1 aliphatic heterocycles. The topological polar surface area (TPSA) is 67.1 Å². The Hall–Kier alpha value is -1.94. The molecule has 2 heterocycles. The van der Waals surface area contributed by atoms with Crippen LogP contribution in [0, 0.1) is 0 Å². The number of allylic oxidation sites excluding steroid dienone is 1. The van der Waals surface area contributed by atoms with Gasteiger partial charge in [0.05, 0.1) is 11.2 Å². The molecule has 0 saturated carbocycles. The molecule has 1 aromatic carbocycles. The summed E-state index contributed by atoms with van der Waals surface area (Å²) < 4.78 is 0. The number of aromatic nitrogens is 2. The van der Waals surface area contributed by atoms with Gasteiger partial charge in [0.2, 0.25) is 0 Å². The lowest BCUT2D eigenvalue weighted by molar-refractivity contribution is 0.837. The number of H-pyrrole nitrogens is 1. The van der Waals surface area contributed by atoms with E-state index in [0.717, 1.165) is 28.6 Å². The van der Waals surface area contributed by atoms with Gasteiger partial charge >= 0.3 is 0 Å². The van der Waals surface area contributed by atoms with Crippen LogP contribution in [0.25, 0.3) is 10.9 Å². The van der Waals surface area contributed by atoms with Crippen molar-refractivity contribution in [3.63, 3.8) is 0 Å². The van der Waals surface area contributed by atoms with Crippen molar-refractivity contribution in [2.75, 3.05) is 0 Å². The monoisotopic (exact) mass is 226 g/mol. The first-order chi connectivity index (χ1) is 8.38. The van der Waals surface area contributed by atoms with Crippen LogP contribution >= 0.6 is 0 Å². The Morgan fingerprint density at radius 3 is 3.12 bits per heavy atom. The van der Waals surface area contributed by atoms with Gasteiger partial charge in [-0.25, -0.2) is 0 Å². The minimum atomic E-state index is 0.338. The number of nitrogens with one attached hydrogen (secondary N) is 1. The van der Waals surface area contributed by atoms with Crippen LogP contribution in [0.4, 0.5) is 0 Å². The van der Waals surface area contributed by atoms with Gasteiger partial charge in [0.15, 0.2) is 0 Å². The van der Waals surface area contributed by atoms with Crippen LogP contribution in [0.3, 0.4) is 0 Å². The summed E-state index contributed by atoms with van der Waals surface area (Å²) in [5.41, 5.74) is 8.95. The van der Waals surface area contributed by atoms with Crippen molar-refractivity contribution in [2.45, 2.75) is 18.9 Å². The highest BCUT2D eigenvalue weighted by Crippen LogP contribution is 2.28. The summed E-state index contributed by atoms with van der Waals surface area (Å²) in [6, 6.07) is 6.15. The maximum atomic E-state index is 5.67. The second-order valence-electron chi connectivity index (χ2n) is 4.21. The van der Waals surface area contributed by atoms with E-state index in [1.54, 1.807) is 0 Å². The second kappa shape index (κ2) is 4.14. The van der Waals surface area contributed by atoms with Crippen molar-refractivity contribution in [3.05, 3.63) is 41.7 Å². The summed E-state index contributed by atoms with van der Waals surface area (Å²) >= 11 is 0. The molecule has 3 N–H and O–H groups in total. The van der Waals surface area contributed by atoms with E-state index in [0.29, 0.717) is 12.5 Å². The van der Waals surface area contributed by atoms with E-state index in [-0.39, 0.29) is 0 Å². The molecule has 0 saturated heterocycles. The normalized spacial score (nSPS) is 19.0. The highest BCUT2D eigenvalue weighted by Gasteiger charge is 2.15. The molecule has 4 nitrogen and oxygen atoms in total. The molecule has 1 aromatic heterocycles. The average molecular weight is 226 g/mol. The summed E-state index contributed by atoms with van der Waals surface area (Å²) in [7, 11) is 0. The molecule has 0 fully saturated rings. The number of aliphatic imine (C=N–C) groups is 1. The SMILES string of the molecule is NCc1ccc2n[nH]c(C3C=CN=CC3)c2c1. The number of rotatable bonds is 2. The van der Waals surface area contributed by atoms with E-state index >= 15 is 0 Å². The number of nitrogens with zero attached hydrogens (tertiary/aromatic N) is 2. The highest BCUT2D eigenvalue weighted by molar-refractivity contribution is 5.83. The Labute approximate surface area is 99.2 Å². The van der Waals surface area contributed by atoms with E-state index in [1.807, 2.05) is 24.5 Å². The number of fused-ring (bicyclic) bond motifs is 1. The summed E-state index contributed by atoms with van der Waals surface area (Å²) in [6.45, 7) is 0.558. The molecule has 0 bridgehead atoms. The highest BCUT2D eigenvalue weighted by atomic mass is 15.1. The van der Waals surface area contributed by atoms with E-state index in [2.05, 4.69) is 27.3 Å². The van der Waals surface area contributed by atoms with Crippen molar-refractivity contribution in [1.29, 1.82) is 0 Å². The van der Waals surface area contributed by atoms with Gasteiger partial charge in [-0.05, 0) is 24.1 Å². The van der Waals surface area contributed by atoms with Crippen LogP contribution in [-0.2, 0) is 6.54 Å². The lowest BCUT2D eigenvalue weighted by Crippen LogP contribution is -2.00. The molecule has 1 aliphatic rings. The van der Waals surface area contributed by atoms with Gasteiger partial charge in [0, 0.05) is 30.3 Å². The first kappa shape index (κ1) is 10.2. The van der Waals surface area contributed by atoms with E-state index < -0.39 is 0 Å². The van der Waals surface area contributed by atoms with Crippen molar-refractivity contribution >= 4 is 17.1 Å². The maximum Gasteiger partial charge on any atom is 0.0924 e. The number of nitrogens with two attached hydrogens (primary N) is 1. The lowest BCUT2D eigenvalue weighted by Gasteiger charge is -2.10. The molecule has 2 aromatic rings. The number of hydrogen-bond acceptors (Lipinski definition) is 3. The fourth-order valence-electron chi connectivity index (χ4n) is 2.17. The summed E-state index contributed by atoms with van der Waals surface area (Å²) in [4.78, 5) is 4.09. The minimum Gasteiger partial charge on any atom is -0.326 e. The number of aromatic amines is 1. The van der Waals surface area contributed by atoms with Crippen molar-refractivity contribution in [3.8, 4) is 0 Å². The summed E-state index contributed by atoms with van der Waals surface area (Å²) in [5.74, 6) is 0.338. The van der Waals surface area contributed by atoms with Crippen LogP contribution in [0.15, 0.2) is 35.5 Å². The summed E-state index contributed by atoms with van der Waals surface area (Å²) in [5, 5.41) is 8.62. The van der Waals surface area contributed by atoms with Gasteiger partial charge in [0.25, 0.3) is 0 Å². The zero-order chi connectivity index (χ0) is 11.7. The van der Waals surface area contributed by atoms with Gasteiger partial charge < -0.3 is 5.73 Å². The molecule has 17 heavy (non-hydrogen) atoms. The third-order valence-corrected chi connectivity index (χ3v) is 3.12. The molecule has 1 unspecified atom stereocenters. The van der Waals surface area contributed by atoms with Gasteiger partial charge in [-0.1, -0.05) is 12.1 Å². The number of benzene rings is 1. The molecular formula is C13H14N4. The zero-order valence-corrected chi connectivity index (χ0v) is 9.43. The Bertz CT molecular complexity index is 594. The van der Waals surface area contributed by atoms with Crippen LogP contribution in [0.1, 0.15) is 23.6 Å². The third-order valence-electron chi connectivity index (χ3n) is 3.12. The minimum absolute atomic E-state index is 0.338. The summed E-state index contributed by atoms with van der Waals surface area (Å²) in [6.07, 6.45) is 6.79. The van der Waals surface area contributed by atoms with Crippen LogP contribution in [0.2, 0.25) is 0 Å². The predicted molar refractivity (Wildman–Crippen MR) is 69.0 cm³/mol. The average Bonchev–Trinajstić information content (AvgIpc) is 2.82. The van der Waals surface area contributed by atoms with E-state index in [4.69, 9.17) is 5.73 Å². The molecule has 0 amide bonds.